The summed E-state index contributed by atoms with van der Waals surface area (Å²) >= 11 is 0. The largest absolute Gasteiger partial charge is 0.493 e. The molecule has 0 saturated carbocycles. The van der Waals surface area contributed by atoms with Crippen LogP contribution in [0.15, 0.2) is 54.6 Å². The number of amides is 1. The normalized spacial score (nSPS) is 13.5. The summed E-state index contributed by atoms with van der Waals surface area (Å²) < 4.78 is 16.0. The second-order valence-corrected chi connectivity index (χ2v) is 7.93. The summed E-state index contributed by atoms with van der Waals surface area (Å²) in [5, 5.41) is 6.10. The number of anilines is 4. The van der Waals surface area contributed by atoms with E-state index < -0.39 is 0 Å². The van der Waals surface area contributed by atoms with Gasteiger partial charge in [-0.25, -0.2) is 4.98 Å². The molecule has 0 bridgehead atoms. The van der Waals surface area contributed by atoms with Gasteiger partial charge in [0.05, 0.1) is 27.4 Å². The van der Waals surface area contributed by atoms with Crippen molar-refractivity contribution in [3.63, 3.8) is 0 Å². The first-order chi connectivity index (χ1) is 17.0. The van der Waals surface area contributed by atoms with Crippen molar-refractivity contribution < 1.29 is 19.0 Å². The van der Waals surface area contributed by atoms with Crippen LogP contribution in [0, 0.1) is 6.92 Å². The van der Waals surface area contributed by atoms with Gasteiger partial charge >= 0.3 is 0 Å². The van der Waals surface area contributed by atoms with E-state index in [2.05, 4.69) is 25.5 Å². The molecule has 4 rings (SSSR count). The minimum Gasteiger partial charge on any atom is -0.493 e. The third kappa shape index (κ3) is 6.48. The lowest BCUT2D eigenvalue weighted by Crippen LogP contribution is -2.36. The van der Waals surface area contributed by atoms with Crippen LogP contribution in [-0.4, -0.2) is 56.4 Å². The molecule has 0 unspecified atom stereocenters. The van der Waals surface area contributed by atoms with Crippen LogP contribution in [0.2, 0.25) is 0 Å². The van der Waals surface area contributed by atoms with Crippen LogP contribution < -0.4 is 25.0 Å². The summed E-state index contributed by atoms with van der Waals surface area (Å²) in [5.41, 5.74) is 3.21. The van der Waals surface area contributed by atoms with Crippen molar-refractivity contribution in [2.24, 2.45) is 0 Å². The highest BCUT2D eigenvalue weighted by Crippen LogP contribution is 2.28. The summed E-state index contributed by atoms with van der Waals surface area (Å²) in [7, 11) is 3.16. The zero-order valence-corrected chi connectivity index (χ0v) is 20.1. The fourth-order valence-corrected chi connectivity index (χ4v) is 3.64. The van der Waals surface area contributed by atoms with Gasteiger partial charge in [-0.1, -0.05) is 6.07 Å². The van der Waals surface area contributed by atoms with Crippen molar-refractivity contribution in [1.29, 1.82) is 0 Å². The van der Waals surface area contributed by atoms with Crippen LogP contribution in [0.25, 0.3) is 6.08 Å². The third-order valence-electron chi connectivity index (χ3n) is 5.42. The number of aryl methyl sites for hydroxylation is 1. The molecule has 2 heterocycles. The molecule has 0 spiro atoms. The van der Waals surface area contributed by atoms with Gasteiger partial charge in [-0.2, -0.15) is 4.98 Å². The fraction of sp³-hybridized carbons (Fsp3) is 0.269. The number of nitrogens with one attached hydrogen (secondary N) is 2. The van der Waals surface area contributed by atoms with E-state index in [1.807, 2.05) is 43.3 Å². The zero-order chi connectivity index (χ0) is 24.6. The number of benzene rings is 2. The summed E-state index contributed by atoms with van der Waals surface area (Å²) in [4.78, 5) is 23.7. The van der Waals surface area contributed by atoms with Crippen LogP contribution in [0.4, 0.5) is 23.1 Å². The molecule has 0 atom stereocenters. The second kappa shape index (κ2) is 11.3. The van der Waals surface area contributed by atoms with Gasteiger partial charge in [0.25, 0.3) is 0 Å². The van der Waals surface area contributed by atoms with E-state index in [-0.39, 0.29) is 5.91 Å². The van der Waals surface area contributed by atoms with Gasteiger partial charge in [-0.05, 0) is 55.0 Å². The minimum atomic E-state index is -0.238. The smallest absolute Gasteiger partial charge is 0.248 e. The minimum absolute atomic E-state index is 0.238. The average Bonchev–Trinajstić information content (AvgIpc) is 2.88. The molecular weight excluding hydrogens is 446 g/mol. The van der Waals surface area contributed by atoms with E-state index in [9.17, 15) is 4.79 Å². The standard InChI is InChI=1S/C26H29N5O4/c1-18-16-24(31-12-14-35-15-13-31)30-26(27-18)29-21-8-6-20(7-9-21)28-25(32)11-5-19-4-10-22(33-2)23(17-19)34-3/h4-11,16-17H,12-15H2,1-3H3,(H,28,32)(H,27,29,30)/b11-5+. The average molecular weight is 476 g/mol. The molecule has 3 aromatic rings. The predicted molar refractivity (Wildman–Crippen MR) is 137 cm³/mol. The maximum Gasteiger partial charge on any atom is 0.248 e. The van der Waals surface area contributed by atoms with Gasteiger partial charge in [-0.3, -0.25) is 4.79 Å². The molecule has 2 aromatic carbocycles. The molecule has 9 heteroatoms. The number of carbonyl (C=O) groups excluding carboxylic acids is 1. The van der Waals surface area contributed by atoms with Gasteiger partial charge in [0.1, 0.15) is 5.82 Å². The molecule has 2 N–H and O–H groups in total. The van der Waals surface area contributed by atoms with Crippen molar-refractivity contribution in [2.45, 2.75) is 6.92 Å². The number of carbonyl (C=O) groups is 1. The van der Waals surface area contributed by atoms with E-state index in [4.69, 9.17) is 14.2 Å². The summed E-state index contributed by atoms with van der Waals surface area (Å²) in [5.74, 6) is 2.41. The first-order valence-corrected chi connectivity index (χ1v) is 11.3. The third-order valence-corrected chi connectivity index (χ3v) is 5.42. The topological polar surface area (TPSA) is 97.8 Å². The van der Waals surface area contributed by atoms with E-state index in [0.717, 1.165) is 35.9 Å². The molecule has 1 aliphatic heterocycles. The Hall–Kier alpha value is -4.11. The van der Waals surface area contributed by atoms with Crippen LogP contribution in [0.5, 0.6) is 11.5 Å². The van der Waals surface area contributed by atoms with Crippen molar-refractivity contribution in [3.8, 4) is 11.5 Å². The van der Waals surface area contributed by atoms with Crippen molar-refractivity contribution in [2.75, 3.05) is 56.1 Å². The Labute approximate surface area is 204 Å². The molecule has 1 amide bonds. The maximum atomic E-state index is 12.4. The van der Waals surface area contributed by atoms with Crippen LogP contribution in [0.3, 0.4) is 0 Å². The molecule has 1 fully saturated rings. The highest BCUT2D eigenvalue weighted by atomic mass is 16.5. The molecule has 1 aliphatic rings. The number of nitrogens with zero attached hydrogens (tertiary/aromatic N) is 3. The van der Waals surface area contributed by atoms with Crippen molar-refractivity contribution >= 4 is 35.1 Å². The molecule has 1 saturated heterocycles. The highest BCUT2D eigenvalue weighted by Gasteiger charge is 2.14. The zero-order valence-electron chi connectivity index (χ0n) is 20.1. The fourth-order valence-electron chi connectivity index (χ4n) is 3.64. The highest BCUT2D eigenvalue weighted by molar-refractivity contribution is 6.02. The van der Waals surface area contributed by atoms with Crippen LogP contribution in [-0.2, 0) is 9.53 Å². The number of hydrogen-bond acceptors (Lipinski definition) is 8. The Morgan fingerprint density at radius 3 is 2.40 bits per heavy atom. The van der Waals surface area contributed by atoms with E-state index >= 15 is 0 Å². The molecule has 0 aliphatic carbocycles. The quantitative estimate of drug-likeness (QED) is 0.471. The summed E-state index contributed by atoms with van der Waals surface area (Å²) in [6.07, 6.45) is 3.19. The van der Waals surface area contributed by atoms with Crippen LogP contribution in [0.1, 0.15) is 11.3 Å². The van der Waals surface area contributed by atoms with Crippen molar-refractivity contribution in [1.82, 2.24) is 9.97 Å². The van der Waals surface area contributed by atoms with E-state index in [0.29, 0.717) is 36.3 Å². The molecule has 1 aromatic heterocycles. The summed E-state index contributed by atoms with van der Waals surface area (Å²) in [6, 6.07) is 14.8. The number of hydrogen-bond donors (Lipinski definition) is 2. The lowest BCUT2D eigenvalue weighted by molar-refractivity contribution is -0.111. The van der Waals surface area contributed by atoms with Gasteiger partial charge in [0.2, 0.25) is 11.9 Å². The number of aromatic nitrogens is 2. The Bertz CT molecular complexity index is 1190. The number of morpholine rings is 1. The Balaban J connectivity index is 1.36. The van der Waals surface area contributed by atoms with Gasteiger partial charge < -0.3 is 29.7 Å². The van der Waals surface area contributed by atoms with E-state index in [1.165, 1.54) is 6.08 Å². The lowest BCUT2D eigenvalue weighted by atomic mass is 10.2. The predicted octanol–water partition coefficient (Wildman–Crippen LogP) is 4.03. The van der Waals surface area contributed by atoms with Crippen molar-refractivity contribution in [3.05, 3.63) is 65.9 Å². The molecule has 9 nitrogen and oxygen atoms in total. The lowest BCUT2D eigenvalue weighted by Gasteiger charge is -2.28. The Morgan fingerprint density at radius 2 is 1.69 bits per heavy atom. The molecule has 35 heavy (non-hydrogen) atoms. The van der Waals surface area contributed by atoms with Gasteiger partial charge in [0.15, 0.2) is 11.5 Å². The number of rotatable bonds is 8. The summed E-state index contributed by atoms with van der Waals surface area (Å²) in [6.45, 7) is 4.96. The van der Waals surface area contributed by atoms with E-state index in [1.54, 1.807) is 32.4 Å². The first-order valence-electron chi connectivity index (χ1n) is 11.3. The number of methoxy groups -OCH3 is 2. The van der Waals surface area contributed by atoms with Gasteiger partial charge in [-0.15, -0.1) is 0 Å². The number of ether oxygens (including phenoxy) is 3. The molecule has 0 radical (unpaired) electrons. The second-order valence-electron chi connectivity index (χ2n) is 7.93. The first kappa shape index (κ1) is 24.0. The maximum absolute atomic E-state index is 12.4. The van der Waals surface area contributed by atoms with Crippen LogP contribution >= 0.6 is 0 Å². The SMILES string of the molecule is COc1ccc(/C=C/C(=O)Nc2ccc(Nc3nc(C)cc(N4CCOCC4)n3)cc2)cc1OC. The van der Waals surface area contributed by atoms with Gasteiger partial charge in [0, 0.05) is 42.3 Å². The molecular formula is C26H29N5O4. The monoisotopic (exact) mass is 475 g/mol. The molecule has 182 valence electrons. The Kier molecular flexibility index (Phi) is 7.79. The Morgan fingerprint density at radius 1 is 0.971 bits per heavy atom.